The second-order valence-electron chi connectivity index (χ2n) is 3.68. The molecule has 0 fully saturated rings. The van der Waals surface area contributed by atoms with Crippen LogP contribution in [0.3, 0.4) is 0 Å². The molecule has 1 heterocycles. The third-order valence-corrected chi connectivity index (χ3v) is 3.06. The summed E-state index contributed by atoms with van der Waals surface area (Å²) in [5.41, 5.74) is 1.41. The highest BCUT2D eigenvalue weighted by Gasteiger charge is 2.15. The average molecular weight is 299 g/mol. The summed E-state index contributed by atoms with van der Waals surface area (Å²) in [6.45, 7) is 0. The van der Waals surface area contributed by atoms with Gasteiger partial charge in [-0.05, 0) is 37.2 Å². The number of nitrogens with zero attached hydrogens (tertiary/aromatic N) is 2. The van der Waals surface area contributed by atoms with Crippen molar-refractivity contribution in [2.24, 2.45) is 0 Å². The molecule has 4 nitrogen and oxygen atoms in total. The van der Waals surface area contributed by atoms with Crippen molar-refractivity contribution in [1.82, 2.24) is 20.7 Å². The molecule has 0 aliphatic carbocycles. The van der Waals surface area contributed by atoms with E-state index in [9.17, 15) is 4.39 Å². The molecule has 1 aromatic carbocycles. The van der Waals surface area contributed by atoms with Crippen LogP contribution in [0.1, 0.15) is 17.3 Å². The highest BCUT2D eigenvalue weighted by Crippen LogP contribution is 2.21. The minimum Gasteiger partial charge on any atom is -0.311 e. The van der Waals surface area contributed by atoms with Gasteiger partial charge < -0.3 is 5.32 Å². The minimum absolute atomic E-state index is 0.0578. The van der Waals surface area contributed by atoms with Crippen molar-refractivity contribution in [3.63, 3.8) is 0 Å². The minimum atomic E-state index is -0.211. The van der Waals surface area contributed by atoms with Gasteiger partial charge in [0.15, 0.2) is 0 Å². The molecule has 1 aromatic heterocycles. The van der Waals surface area contributed by atoms with E-state index >= 15 is 0 Å². The fraction of sp³-hybridized carbons (Fsp3) is 0.273. The lowest BCUT2D eigenvalue weighted by molar-refractivity contribution is 0.543. The average Bonchev–Trinajstić information content (AvgIpc) is 2.84. The van der Waals surface area contributed by atoms with E-state index in [-0.39, 0.29) is 11.9 Å². The summed E-state index contributed by atoms with van der Waals surface area (Å²) in [4.78, 5) is 0. The molecule has 0 aliphatic rings. The molecule has 0 saturated carbocycles. The molecule has 1 atom stereocenters. The quantitative estimate of drug-likeness (QED) is 0.910. The van der Waals surface area contributed by atoms with Crippen LogP contribution in [-0.4, -0.2) is 22.5 Å². The summed E-state index contributed by atoms with van der Waals surface area (Å²) in [7, 11) is 1.81. The van der Waals surface area contributed by atoms with Gasteiger partial charge in [-0.3, -0.25) is 0 Å². The van der Waals surface area contributed by atoms with Gasteiger partial charge in [0.1, 0.15) is 5.82 Å². The van der Waals surface area contributed by atoms with Gasteiger partial charge in [0, 0.05) is 4.47 Å². The van der Waals surface area contributed by atoms with Crippen LogP contribution >= 0.6 is 15.9 Å². The number of likely N-dealkylation sites (N-methyl/N-ethyl adjacent to an activating group) is 1. The van der Waals surface area contributed by atoms with E-state index in [1.54, 1.807) is 18.3 Å². The maximum absolute atomic E-state index is 13.6. The van der Waals surface area contributed by atoms with Crippen LogP contribution in [0.2, 0.25) is 0 Å². The molecule has 0 amide bonds. The van der Waals surface area contributed by atoms with Crippen LogP contribution in [0.4, 0.5) is 4.39 Å². The highest BCUT2D eigenvalue weighted by atomic mass is 79.9. The van der Waals surface area contributed by atoms with Gasteiger partial charge in [0.25, 0.3) is 0 Å². The predicted octanol–water partition coefficient (Wildman–Crippen LogP) is 2.21. The Hall–Kier alpha value is -1.27. The Bertz CT molecular complexity index is 486. The zero-order chi connectivity index (χ0) is 12.3. The van der Waals surface area contributed by atoms with Crippen LogP contribution in [0.25, 0.3) is 0 Å². The second-order valence-corrected chi connectivity index (χ2v) is 4.59. The number of benzene rings is 1. The molecule has 0 radical (unpaired) electrons. The maximum atomic E-state index is 13.6. The fourth-order valence-electron chi connectivity index (χ4n) is 1.65. The molecule has 6 heteroatoms. The number of hydrogen-bond acceptors (Lipinski definition) is 3. The second kappa shape index (κ2) is 5.37. The number of H-pyrrole nitrogens is 1. The van der Waals surface area contributed by atoms with Crippen molar-refractivity contribution in [1.29, 1.82) is 0 Å². The Morgan fingerprint density at radius 3 is 3.00 bits per heavy atom. The van der Waals surface area contributed by atoms with Gasteiger partial charge in [-0.15, -0.1) is 0 Å². The van der Waals surface area contributed by atoms with Crippen molar-refractivity contribution in [2.45, 2.75) is 12.5 Å². The monoisotopic (exact) mass is 298 g/mol. The predicted molar refractivity (Wildman–Crippen MR) is 66.0 cm³/mol. The zero-order valence-electron chi connectivity index (χ0n) is 9.24. The van der Waals surface area contributed by atoms with Crippen molar-refractivity contribution >= 4 is 15.9 Å². The first kappa shape index (κ1) is 12.2. The molecule has 0 saturated heterocycles. The highest BCUT2D eigenvalue weighted by molar-refractivity contribution is 9.10. The largest absolute Gasteiger partial charge is 0.311 e. The van der Waals surface area contributed by atoms with Crippen molar-refractivity contribution in [3.05, 3.63) is 45.9 Å². The van der Waals surface area contributed by atoms with E-state index in [1.165, 1.54) is 6.07 Å². The first-order chi connectivity index (χ1) is 8.20. The lowest BCUT2D eigenvalue weighted by Gasteiger charge is -2.13. The maximum Gasteiger partial charge on any atom is 0.126 e. The Labute approximate surface area is 107 Å². The normalized spacial score (nSPS) is 12.6. The standard InChI is InChI=1S/C11H12BrFN4/c1-14-10(11-6-15-17-16-11)5-7-4-8(12)2-3-9(7)13/h2-4,6,10,14H,5H2,1H3,(H,15,16,17). The van der Waals surface area contributed by atoms with Crippen molar-refractivity contribution < 1.29 is 4.39 Å². The SMILES string of the molecule is CNC(Cc1cc(Br)ccc1F)c1cn[nH]n1. The van der Waals surface area contributed by atoms with Crippen molar-refractivity contribution in [3.8, 4) is 0 Å². The van der Waals surface area contributed by atoms with Gasteiger partial charge >= 0.3 is 0 Å². The van der Waals surface area contributed by atoms with Crippen LogP contribution in [-0.2, 0) is 6.42 Å². The fourth-order valence-corrected chi connectivity index (χ4v) is 2.06. The van der Waals surface area contributed by atoms with E-state index < -0.39 is 0 Å². The molecular formula is C11H12BrFN4. The van der Waals surface area contributed by atoms with Crippen LogP contribution in [0, 0.1) is 5.82 Å². The Kier molecular flexibility index (Phi) is 3.86. The molecule has 0 bridgehead atoms. The smallest absolute Gasteiger partial charge is 0.126 e. The van der Waals surface area contributed by atoms with Gasteiger partial charge in [0.05, 0.1) is 17.9 Å². The number of aromatic amines is 1. The molecule has 17 heavy (non-hydrogen) atoms. The van der Waals surface area contributed by atoms with E-state index in [1.807, 2.05) is 7.05 Å². The molecule has 1 unspecified atom stereocenters. The van der Waals surface area contributed by atoms with E-state index in [2.05, 4.69) is 36.7 Å². The zero-order valence-corrected chi connectivity index (χ0v) is 10.8. The number of rotatable bonds is 4. The Balaban J connectivity index is 2.21. The van der Waals surface area contributed by atoms with Crippen LogP contribution in [0.5, 0.6) is 0 Å². The summed E-state index contributed by atoms with van der Waals surface area (Å²) in [6, 6.07) is 4.86. The number of aromatic nitrogens is 3. The lowest BCUT2D eigenvalue weighted by atomic mass is 10.0. The first-order valence-corrected chi connectivity index (χ1v) is 5.97. The van der Waals surface area contributed by atoms with E-state index in [4.69, 9.17) is 0 Å². The first-order valence-electron chi connectivity index (χ1n) is 5.17. The molecular weight excluding hydrogens is 287 g/mol. The Morgan fingerprint density at radius 1 is 1.53 bits per heavy atom. The molecule has 0 spiro atoms. The molecule has 90 valence electrons. The summed E-state index contributed by atoms with van der Waals surface area (Å²) >= 11 is 3.34. The topological polar surface area (TPSA) is 53.6 Å². The summed E-state index contributed by atoms with van der Waals surface area (Å²) in [5.74, 6) is -0.211. The number of nitrogens with one attached hydrogen (secondary N) is 2. The van der Waals surface area contributed by atoms with Gasteiger partial charge in [0.2, 0.25) is 0 Å². The summed E-state index contributed by atoms with van der Waals surface area (Å²) in [6.07, 6.45) is 2.16. The summed E-state index contributed by atoms with van der Waals surface area (Å²) < 4.78 is 14.5. The van der Waals surface area contributed by atoms with Gasteiger partial charge in [-0.25, -0.2) is 4.39 Å². The summed E-state index contributed by atoms with van der Waals surface area (Å²) in [5, 5.41) is 13.4. The number of halogens is 2. The van der Waals surface area contributed by atoms with Crippen molar-refractivity contribution in [2.75, 3.05) is 7.05 Å². The third-order valence-electron chi connectivity index (χ3n) is 2.57. The van der Waals surface area contributed by atoms with Crippen LogP contribution < -0.4 is 5.32 Å². The van der Waals surface area contributed by atoms with E-state index in [0.717, 1.165) is 10.2 Å². The molecule has 0 aliphatic heterocycles. The lowest BCUT2D eigenvalue weighted by Crippen LogP contribution is -2.19. The molecule has 2 N–H and O–H groups in total. The van der Waals surface area contributed by atoms with E-state index in [0.29, 0.717) is 12.0 Å². The Morgan fingerprint density at radius 2 is 2.35 bits per heavy atom. The van der Waals surface area contributed by atoms with Crippen LogP contribution in [0.15, 0.2) is 28.9 Å². The molecule has 2 rings (SSSR count). The molecule has 2 aromatic rings. The third kappa shape index (κ3) is 2.89. The van der Waals surface area contributed by atoms with Gasteiger partial charge in [-0.1, -0.05) is 15.9 Å². The van der Waals surface area contributed by atoms with Gasteiger partial charge in [-0.2, -0.15) is 15.4 Å². The number of hydrogen-bond donors (Lipinski definition) is 2.